The molecule has 5 rings (SSSR count). The molecule has 0 bridgehead atoms. The van der Waals surface area contributed by atoms with Crippen LogP contribution in [0.15, 0.2) is 48.0 Å². The van der Waals surface area contributed by atoms with Gasteiger partial charge in [0.05, 0.1) is 18.0 Å². The van der Waals surface area contributed by atoms with Crippen molar-refractivity contribution in [2.45, 2.75) is 31.9 Å². The zero-order valence-corrected chi connectivity index (χ0v) is 18.5. The van der Waals surface area contributed by atoms with Crippen LogP contribution in [0.3, 0.4) is 0 Å². The Hall–Kier alpha value is -2.54. The van der Waals surface area contributed by atoms with Gasteiger partial charge >= 0.3 is 5.97 Å². The minimum Gasteiger partial charge on any atom is -0.481 e. The van der Waals surface area contributed by atoms with Crippen LogP contribution in [0.4, 0.5) is 5.69 Å². The number of halogens is 1. The molecular formula is C24H23ClN2O3S. The highest BCUT2D eigenvalue weighted by molar-refractivity contribution is 7.17. The van der Waals surface area contributed by atoms with Crippen molar-refractivity contribution in [3.8, 4) is 0 Å². The first-order chi connectivity index (χ1) is 15.0. The normalized spacial score (nSPS) is 17.0. The minimum absolute atomic E-state index is 0.0124. The van der Waals surface area contributed by atoms with E-state index >= 15 is 0 Å². The number of carbonyl (C=O) groups is 1. The van der Waals surface area contributed by atoms with E-state index in [1.54, 1.807) is 11.3 Å². The molecule has 2 aromatic heterocycles. The molecule has 5 nitrogen and oxygen atoms in total. The summed E-state index contributed by atoms with van der Waals surface area (Å²) in [7, 11) is 0. The summed E-state index contributed by atoms with van der Waals surface area (Å²) in [6.07, 6.45) is 3.45. The van der Waals surface area contributed by atoms with Gasteiger partial charge < -0.3 is 19.7 Å². The maximum absolute atomic E-state index is 11.4. The van der Waals surface area contributed by atoms with Crippen LogP contribution in [0, 0.1) is 0 Å². The van der Waals surface area contributed by atoms with E-state index in [-0.39, 0.29) is 12.5 Å². The SMILES string of the molecule is O=C(O)Cc1cn(Cc2csc3ccc(Cl)cc23)c2cc(N3CCCC(O)C3)ccc12. The third-order valence-corrected chi connectivity index (χ3v) is 7.26. The first-order valence-corrected chi connectivity index (χ1v) is 11.7. The molecular weight excluding hydrogens is 432 g/mol. The molecule has 7 heteroatoms. The Kier molecular flexibility index (Phi) is 5.38. The molecule has 0 saturated carbocycles. The van der Waals surface area contributed by atoms with Crippen LogP contribution < -0.4 is 4.90 Å². The second-order valence-corrected chi connectivity index (χ2v) is 9.55. The summed E-state index contributed by atoms with van der Waals surface area (Å²) in [5.74, 6) is -0.838. The number of hydrogen-bond acceptors (Lipinski definition) is 4. The van der Waals surface area contributed by atoms with E-state index in [0.29, 0.717) is 18.1 Å². The molecule has 160 valence electrons. The maximum Gasteiger partial charge on any atom is 0.307 e. The topological polar surface area (TPSA) is 65.7 Å². The van der Waals surface area contributed by atoms with Crippen LogP contribution in [0.25, 0.3) is 21.0 Å². The lowest BCUT2D eigenvalue weighted by molar-refractivity contribution is -0.136. The van der Waals surface area contributed by atoms with Crippen molar-refractivity contribution in [3.05, 3.63) is 64.1 Å². The maximum atomic E-state index is 11.4. The standard InChI is InChI=1S/C24H23ClN2O3S/c25-17-3-6-23-21(9-17)16(14-31-23)12-27-11-15(8-24(29)30)20-5-4-18(10-22(20)27)26-7-1-2-19(28)13-26/h3-6,9-11,14,19,28H,1-2,7-8,12-13H2,(H,29,30). The number of nitrogens with zero attached hydrogens (tertiary/aromatic N) is 2. The van der Waals surface area contributed by atoms with Gasteiger partial charge in [0.25, 0.3) is 0 Å². The van der Waals surface area contributed by atoms with Crippen molar-refractivity contribution in [1.29, 1.82) is 0 Å². The van der Waals surface area contributed by atoms with E-state index in [2.05, 4.69) is 20.9 Å². The average Bonchev–Trinajstić information content (AvgIpc) is 3.29. The summed E-state index contributed by atoms with van der Waals surface area (Å²) in [5, 5.41) is 24.4. The highest BCUT2D eigenvalue weighted by atomic mass is 35.5. The molecule has 0 radical (unpaired) electrons. The molecule has 1 aliphatic heterocycles. The van der Waals surface area contributed by atoms with Gasteiger partial charge in [-0.15, -0.1) is 11.3 Å². The molecule has 0 amide bonds. The fourth-order valence-corrected chi connectivity index (χ4v) is 5.64. The quantitative estimate of drug-likeness (QED) is 0.438. The fraction of sp³-hybridized carbons (Fsp3) is 0.292. The van der Waals surface area contributed by atoms with Crippen LogP contribution in [0.2, 0.25) is 5.02 Å². The van der Waals surface area contributed by atoms with Crippen LogP contribution in [-0.4, -0.2) is 39.9 Å². The van der Waals surface area contributed by atoms with Gasteiger partial charge in [0.2, 0.25) is 0 Å². The Balaban J connectivity index is 1.58. The number of thiophene rings is 1. The molecule has 0 spiro atoms. The summed E-state index contributed by atoms with van der Waals surface area (Å²) in [5.41, 5.74) is 4.05. The second-order valence-electron chi connectivity index (χ2n) is 8.20. The summed E-state index contributed by atoms with van der Waals surface area (Å²) >= 11 is 7.92. The van der Waals surface area contributed by atoms with Crippen molar-refractivity contribution in [1.82, 2.24) is 4.57 Å². The third-order valence-electron chi connectivity index (χ3n) is 6.01. The van der Waals surface area contributed by atoms with Gasteiger partial charge in [-0.25, -0.2) is 0 Å². The number of carboxylic acids is 1. The third kappa shape index (κ3) is 4.03. The summed E-state index contributed by atoms with van der Waals surface area (Å²) in [6, 6.07) is 12.1. The molecule has 4 aromatic rings. The summed E-state index contributed by atoms with van der Waals surface area (Å²) in [4.78, 5) is 13.7. The zero-order chi connectivity index (χ0) is 21.5. The van der Waals surface area contributed by atoms with Gasteiger partial charge in [-0.05, 0) is 65.1 Å². The zero-order valence-electron chi connectivity index (χ0n) is 16.9. The second kappa shape index (κ2) is 8.19. The first-order valence-electron chi connectivity index (χ1n) is 10.4. The lowest BCUT2D eigenvalue weighted by Gasteiger charge is -2.32. The molecule has 1 fully saturated rings. The lowest BCUT2D eigenvalue weighted by atomic mass is 10.1. The number of aliphatic hydroxyl groups excluding tert-OH is 1. The number of aliphatic hydroxyl groups is 1. The number of aromatic nitrogens is 1. The fourth-order valence-electron chi connectivity index (χ4n) is 4.54. The molecule has 2 aromatic carbocycles. The summed E-state index contributed by atoms with van der Waals surface area (Å²) < 4.78 is 3.32. The number of aliphatic carboxylic acids is 1. The largest absolute Gasteiger partial charge is 0.481 e. The summed E-state index contributed by atoms with van der Waals surface area (Å²) in [6.45, 7) is 2.18. The number of fused-ring (bicyclic) bond motifs is 2. The van der Waals surface area contributed by atoms with Crippen LogP contribution >= 0.6 is 22.9 Å². The Labute approximate surface area is 189 Å². The van der Waals surface area contributed by atoms with Gasteiger partial charge in [-0.2, -0.15) is 0 Å². The van der Waals surface area contributed by atoms with Crippen LogP contribution in [0.1, 0.15) is 24.0 Å². The Bertz CT molecular complexity index is 1280. The molecule has 1 saturated heterocycles. The smallest absolute Gasteiger partial charge is 0.307 e. The van der Waals surface area contributed by atoms with Gasteiger partial charge in [0.1, 0.15) is 0 Å². The van der Waals surface area contributed by atoms with E-state index < -0.39 is 5.97 Å². The molecule has 1 aliphatic rings. The molecule has 3 heterocycles. The number of benzene rings is 2. The lowest BCUT2D eigenvalue weighted by Crippen LogP contribution is -2.38. The molecule has 31 heavy (non-hydrogen) atoms. The first kappa shape index (κ1) is 20.4. The Morgan fingerprint density at radius 3 is 2.84 bits per heavy atom. The van der Waals surface area contributed by atoms with Crippen molar-refractivity contribution in [2.75, 3.05) is 18.0 Å². The van der Waals surface area contributed by atoms with Gasteiger partial charge in [-0.1, -0.05) is 17.7 Å². The van der Waals surface area contributed by atoms with Crippen molar-refractivity contribution in [2.24, 2.45) is 0 Å². The molecule has 1 unspecified atom stereocenters. The van der Waals surface area contributed by atoms with Crippen LogP contribution in [0.5, 0.6) is 0 Å². The molecule has 0 aliphatic carbocycles. The Morgan fingerprint density at radius 2 is 2.03 bits per heavy atom. The predicted octanol–water partition coefficient (Wildman–Crippen LogP) is 5.15. The highest BCUT2D eigenvalue weighted by Crippen LogP contribution is 2.33. The minimum atomic E-state index is -0.838. The highest BCUT2D eigenvalue weighted by Gasteiger charge is 2.20. The number of anilines is 1. The van der Waals surface area contributed by atoms with E-state index in [1.807, 2.05) is 36.5 Å². The van der Waals surface area contributed by atoms with E-state index in [1.165, 1.54) is 10.3 Å². The monoisotopic (exact) mass is 454 g/mol. The number of β-amino-alcohol motifs (C(OH)–C–C–N with tert-alkyl or cyclic N) is 1. The van der Waals surface area contributed by atoms with Gasteiger partial charge in [0, 0.05) is 46.6 Å². The molecule has 1 atom stereocenters. The van der Waals surface area contributed by atoms with Crippen molar-refractivity contribution < 1.29 is 15.0 Å². The Morgan fingerprint density at radius 1 is 1.16 bits per heavy atom. The average molecular weight is 455 g/mol. The predicted molar refractivity (Wildman–Crippen MR) is 127 cm³/mol. The van der Waals surface area contributed by atoms with Crippen LogP contribution in [-0.2, 0) is 17.8 Å². The number of hydrogen-bond donors (Lipinski definition) is 2. The molecule has 2 N–H and O–H groups in total. The van der Waals surface area contributed by atoms with Crippen molar-refractivity contribution in [3.63, 3.8) is 0 Å². The van der Waals surface area contributed by atoms with E-state index in [4.69, 9.17) is 11.6 Å². The van der Waals surface area contributed by atoms with Crippen molar-refractivity contribution >= 4 is 55.6 Å². The number of piperidine rings is 1. The number of rotatable bonds is 5. The van der Waals surface area contributed by atoms with E-state index in [9.17, 15) is 15.0 Å². The van der Waals surface area contributed by atoms with Gasteiger partial charge in [0.15, 0.2) is 0 Å². The van der Waals surface area contributed by atoms with E-state index in [0.717, 1.165) is 46.9 Å². The number of carboxylic acid groups (broad SMARTS) is 1. The van der Waals surface area contributed by atoms with Gasteiger partial charge in [-0.3, -0.25) is 4.79 Å².